The molecule has 0 spiro atoms. The minimum Gasteiger partial charge on any atom is -0.493 e. The highest BCUT2D eigenvalue weighted by molar-refractivity contribution is 6.33. The molecule has 0 saturated heterocycles. The van der Waals surface area contributed by atoms with Crippen molar-refractivity contribution >= 4 is 17.4 Å². The molecule has 2 rings (SSSR count). The molecule has 0 aliphatic heterocycles. The summed E-state index contributed by atoms with van der Waals surface area (Å²) in [6, 6.07) is 5.95. The highest BCUT2D eigenvalue weighted by atomic mass is 35.5. The smallest absolute Gasteiger partial charge is 0.160 e. The van der Waals surface area contributed by atoms with Crippen LogP contribution < -0.4 is 15.2 Å². The Kier molecular flexibility index (Phi) is 4.63. The molecule has 1 aromatic carbocycles. The highest BCUT2D eigenvalue weighted by Crippen LogP contribution is 2.30. The summed E-state index contributed by atoms with van der Waals surface area (Å²) >= 11 is 6.09. The molecule has 0 aliphatic carbocycles. The number of hydrogen-bond donors (Lipinski definition) is 1. The Bertz CT molecular complexity index is 640. The maximum atomic E-state index is 6.09. The first-order valence-corrected chi connectivity index (χ1v) is 7.06. The molecule has 1 unspecified atom stereocenters. The lowest BCUT2D eigenvalue weighted by atomic mass is 10.1. The molecule has 1 atom stereocenters. The van der Waals surface area contributed by atoms with Gasteiger partial charge in [0.05, 0.1) is 26.0 Å². The third-order valence-electron chi connectivity index (χ3n) is 3.44. The van der Waals surface area contributed by atoms with E-state index in [4.69, 9.17) is 26.8 Å². The van der Waals surface area contributed by atoms with Crippen molar-refractivity contribution in [1.29, 1.82) is 0 Å². The standard InChI is InChI=1S/C15H20ClN3O2/c1-9(19-15(17)14(16)10(2)18-19)7-11-5-6-12(20-3)13(8-11)21-4/h5-6,8-9H,7,17H2,1-4H3. The topological polar surface area (TPSA) is 62.3 Å². The zero-order valence-electron chi connectivity index (χ0n) is 12.7. The number of aromatic nitrogens is 2. The number of rotatable bonds is 5. The third-order valence-corrected chi connectivity index (χ3v) is 3.91. The SMILES string of the molecule is COc1ccc(CC(C)n2nc(C)c(Cl)c2N)cc1OC. The number of aryl methyl sites for hydroxylation is 1. The third kappa shape index (κ3) is 3.08. The van der Waals surface area contributed by atoms with Crippen LogP contribution in [0.2, 0.25) is 5.02 Å². The van der Waals surface area contributed by atoms with Crippen LogP contribution in [0.3, 0.4) is 0 Å². The zero-order chi connectivity index (χ0) is 15.6. The molecule has 0 fully saturated rings. The molecule has 2 aromatic rings. The molecule has 1 aromatic heterocycles. The van der Waals surface area contributed by atoms with Crippen molar-refractivity contribution in [3.05, 3.63) is 34.5 Å². The van der Waals surface area contributed by atoms with Gasteiger partial charge in [-0.15, -0.1) is 0 Å². The molecule has 0 radical (unpaired) electrons. The second-order valence-electron chi connectivity index (χ2n) is 4.97. The van der Waals surface area contributed by atoms with Gasteiger partial charge in [0.1, 0.15) is 10.8 Å². The van der Waals surface area contributed by atoms with Crippen molar-refractivity contribution in [2.45, 2.75) is 26.3 Å². The summed E-state index contributed by atoms with van der Waals surface area (Å²) in [4.78, 5) is 0. The van der Waals surface area contributed by atoms with Crippen molar-refractivity contribution in [2.75, 3.05) is 20.0 Å². The van der Waals surface area contributed by atoms with Crippen LogP contribution in [0.25, 0.3) is 0 Å². The number of halogens is 1. The van der Waals surface area contributed by atoms with E-state index in [1.165, 1.54) is 0 Å². The van der Waals surface area contributed by atoms with Crippen molar-refractivity contribution < 1.29 is 9.47 Å². The summed E-state index contributed by atoms with van der Waals surface area (Å²) in [6.07, 6.45) is 0.766. The normalized spacial score (nSPS) is 12.2. The van der Waals surface area contributed by atoms with Gasteiger partial charge in [0.15, 0.2) is 11.5 Å². The maximum Gasteiger partial charge on any atom is 0.160 e. The van der Waals surface area contributed by atoms with Gasteiger partial charge < -0.3 is 15.2 Å². The average Bonchev–Trinajstić information content (AvgIpc) is 2.74. The van der Waals surface area contributed by atoms with Gasteiger partial charge in [-0.1, -0.05) is 17.7 Å². The monoisotopic (exact) mass is 309 g/mol. The summed E-state index contributed by atoms with van der Waals surface area (Å²) in [6.45, 7) is 3.90. The van der Waals surface area contributed by atoms with Gasteiger partial charge in [-0.3, -0.25) is 0 Å². The molecule has 0 saturated carbocycles. The Morgan fingerprint density at radius 2 is 1.95 bits per heavy atom. The number of benzene rings is 1. The Hall–Kier alpha value is -1.88. The molecule has 0 bridgehead atoms. The van der Waals surface area contributed by atoms with Crippen molar-refractivity contribution in [3.63, 3.8) is 0 Å². The van der Waals surface area contributed by atoms with E-state index in [1.54, 1.807) is 18.9 Å². The largest absolute Gasteiger partial charge is 0.493 e. The van der Waals surface area contributed by atoms with Crippen LogP contribution in [-0.2, 0) is 6.42 Å². The van der Waals surface area contributed by atoms with Crippen LogP contribution in [0, 0.1) is 6.92 Å². The molecule has 1 heterocycles. The summed E-state index contributed by atoms with van der Waals surface area (Å²) < 4.78 is 12.3. The zero-order valence-corrected chi connectivity index (χ0v) is 13.4. The van der Waals surface area contributed by atoms with E-state index in [0.717, 1.165) is 17.7 Å². The van der Waals surface area contributed by atoms with Gasteiger partial charge in [-0.2, -0.15) is 5.10 Å². The van der Waals surface area contributed by atoms with E-state index >= 15 is 0 Å². The fraction of sp³-hybridized carbons (Fsp3) is 0.400. The van der Waals surface area contributed by atoms with Crippen LogP contribution in [0.4, 0.5) is 5.82 Å². The first kappa shape index (κ1) is 15.5. The molecule has 21 heavy (non-hydrogen) atoms. The van der Waals surface area contributed by atoms with Gasteiger partial charge in [0.2, 0.25) is 0 Å². The van der Waals surface area contributed by atoms with Crippen LogP contribution in [-0.4, -0.2) is 24.0 Å². The van der Waals surface area contributed by atoms with E-state index in [9.17, 15) is 0 Å². The Morgan fingerprint density at radius 1 is 1.29 bits per heavy atom. The van der Waals surface area contributed by atoms with Crippen LogP contribution in [0.5, 0.6) is 11.5 Å². The number of nitrogen functional groups attached to an aromatic ring is 1. The van der Waals surface area contributed by atoms with Gasteiger partial charge >= 0.3 is 0 Å². The highest BCUT2D eigenvalue weighted by Gasteiger charge is 2.16. The van der Waals surface area contributed by atoms with Crippen LogP contribution in [0.15, 0.2) is 18.2 Å². The predicted molar refractivity (Wildman–Crippen MR) is 84.3 cm³/mol. The lowest BCUT2D eigenvalue weighted by molar-refractivity contribution is 0.354. The second kappa shape index (κ2) is 6.26. The number of anilines is 1. The van der Waals surface area contributed by atoms with Gasteiger partial charge in [-0.25, -0.2) is 4.68 Å². The van der Waals surface area contributed by atoms with Crippen molar-refractivity contribution in [1.82, 2.24) is 9.78 Å². The van der Waals surface area contributed by atoms with E-state index < -0.39 is 0 Å². The number of hydrogen-bond acceptors (Lipinski definition) is 4. The molecule has 0 aliphatic rings. The summed E-state index contributed by atoms with van der Waals surface area (Å²) in [7, 11) is 3.25. The average molecular weight is 310 g/mol. The number of nitrogens with zero attached hydrogens (tertiary/aromatic N) is 2. The Morgan fingerprint density at radius 3 is 2.48 bits per heavy atom. The maximum absolute atomic E-state index is 6.09. The quantitative estimate of drug-likeness (QED) is 0.921. The molecule has 114 valence electrons. The van der Waals surface area contributed by atoms with E-state index in [2.05, 4.69) is 12.0 Å². The fourth-order valence-electron chi connectivity index (χ4n) is 2.32. The van der Waals surface area contributed by atoms with Gasteiger partial charge in [0, 0.05) is 0 Å². The Labute approximate surface area is 129 Å². The summed E-state index contributed by atoms with van der Waals surface area (Å²) in [5.74, 6) is 1.93. The van der Waals surface area contributed by atoms with Crippen LogP contribution >= 0.6 is 11.6 Å². The molecule has 2 N–H and O–H groups in total. The van der Waals surface area contributed by atoms with Crippen LogP contribution in [0.1, 0.15) is 24.2 Å². The van der Waals surface area contributed by atoms with Gasteiger partial charge in [0.25, 0.3) is 0 Å². The molecular formula is C15H20ClN3O2. The van der Waals surface area contributed by atoms with E-state index in [1.807, 2.05) is 25.1 Å². The summed E-state index contributed by atoms with van der Waals surface area (Å²) in [5, 5.41) is 4.91. The summed E-state index contributed by atoms with van der Waals surface area (Å²) in [5.41, 5.74) is 7.84. The predicted octanol–water partition coefficient (Wildman–Crippen LogP) is 3.25. The minimum absolute atomic E-state index is 0.0919. The van der Waals surface area contributed by atoms with E-state index in [-0.39, 0.29) is 6.04 Å². The number of methoxy groups -OCH3 is 2. The molecule has 6 heteroatoms. The lowest BCUT2D eigenvalue weighted by Gasteiger charge is -2.15. The van der Waals surface area contributed by atoms with Gasteiger partial charge in [-0.05, 0) is 38.0 Å². The van der Waals surface area contributed by atoms with E-state index in [0.29, 0.717) is 22.3 Å². The minimum atomic E-state index is 0.0919. The number of ether oxygens (including phenoxy) is 2. The van der Waals surface area contributed by atoms with Crippen molar-refractivity contribution in [3.8, 4) is 11.5 Å². The first-order chi connectivity index (χ1) is 9.97. The second-order valence-corrected chi connectivity index (χ2v) is 5.35. The Balaban J connectivity index is 2.23. The number of nitrogens with two attached hydrogens (primary N) is 1. The first-order valence-electron chi connectivity index (χ1n) is 6.69. The van der Waals surface area contributed by atoms with Crippen molar-refractivity contribution in [2.24, 2.45) is 0 Å². The lowest BCUT2D eigenvalue weighted by Crippen LogP contribution is -2.13. The molecular weight excluding hydrogens is 290 g/mol. The molecule has 0 amide bonds. The fourth-order valence-corrected chi connectivity index (χ4v) is 2.44. The molecule has 5 nitrogen and oxygen atoms in total.